The second-order valence-electron chi connectivity index (χ2n) is 4.46. The van der Waals surface area contributed by atoms with Gasteiger partial charge >= 0.3 is 5.97 Å². The molecule has 5 nitrogen and oxygen atoms in total. The van der Waals surface area contributed by atoms with Gasteiger partial charge in [0.05, 0.1) is 6.42 Å². The van der Waals surface area contributed by atoms with Crippen LogP contribution >= 0.6 is 0 Å². The number of aliphatic carboxylic acids is 1. The summed E-state index contributed by atoms with van der Waals surface area (Å²) >= 11 is 0. The third-order valence-corrected chi connectivity index (χ3v) is 2.85. The van der Waals surface area contributed by atoms with Crippen molar-refractivity contribution < 1.29 is 19.5 Å². The molecule has 2 rings (SSSR count). The van der Waals surface area contributed by atoms with Gasteiger partial charge in [-0.1, -0.05) is 24.3 Å². The molecule has 2 aromatic carbocycles. The molecule has 0 fully saturated rings. The number of carboxylic acids is 1. The van der Waals surface area contributed by atoms with Gasteiger partial charge in [0, 0.05) is 16.8 Å². The van der Waals surface area contributed by atoms with Crippen molar-refractivity contribution in [2.45, 2.75) is 6.42 Å². The summed E-state index contributed by atoms with van der Waals surface area (Å²) in [5.41, 5.74) is 2.03. The Balaban J connectivity index is 2.08. The zero-order valence-electron chi connectivity index (χ0n) is 11.1. The van der Waals surface area contributed by atoms with Crippen LogP contribution in [0.3, 0.4) is 0 Å². The highest BCUT2D eigenvalue weighted by molar-refractivity contribution is 6.05. The standard InChI is InChI=1S/C16H13NO4/c18-10-12-2-1-3-13(8-12)16(21)17-14-6-4-11(5-7-14)9-15(19)20/h1-8,10H,9H2,(H,17,21)(H,19,20). The Morgan fingerprint density at radius 3 is 2.43 bits per heavy atom. The largest absolute Gasteiger partial charge is 0.481 e. The molecule has 5 heteroatoms. The lowest BCUT2D eigenvalue weighted by Crippen LogP contribution is -2.12. The summed E-state index contributed by atoms with van der Waals surface area (Å²) in [5.74, 6) is -1.23. The molecule has 1 amide bonds. The van der Waals surface area contributed by atoms with E-state index >= 15 is 0 Å². The van der Waals surface area contributed by atoms with Gasteiger partial charge in [0.25, 0.3) is 5.91 Å². The molecular formula is C16H13NO4. The zero-order chi connectivity index (χ0) is 15.2. The van der Waals surface area contributed by atoms with Crippen LogP contribution in [0.4, 0.5) is 5.69 Å². The van der Waals surface area contributed by atoms with E-state index in [1.54, 1.807) is 42.5 Å². The molecule has 0 aliphatic heterocycles. The number of hydrogen-bond donors (Lipinski definition) is 2. The first-order valence-corrected chi connectivity index (χ1v) is 6.26. The molecule has 0 unspecified atom stereocenters. The summed E-state index contributed by atoms with van der Waals surface area (Å²) in [6.07, 6.45) is 0.618. The van der Waals surface area contributed by atoms with E-state index in [0.29, 0.717) is 28.7 Å². The van der Waals surface area contributed by atoms with Gasteiger partial charge < -0.3 is 10.4 Å². The molecule has 0 aliphatic carbocycles. The molecule has 0 radical (unpaired) electrons. The number of carboxylic acid groups (broad SMARTS) is 1. The Labute approximate surface area is 121 Å². The molecule has 0 bridgehead atoms. The fraction of sp³-hybridized carbons (Fsp3) is 0.0625. The maximum atomic E-state index is 12.0. The monoisotopic (exact) mass is 283 g/mol. The predicted octanol–water partition coefficient (Wildman–Crippen LogP) is 2.38. The number of aldehydes is 1. The normalized spacial score (nSPS) is 9.90. The first-order valence-electron chi connectivity index (χ1n) is 6.26. The van der Waals surface area contributed by atoms with Crippen molar-refractivity contribution in [2.75, 3.05) is 5.32 Å². The first kappa shape index (κ1) is 14.5. The van der Waals surface area contributed by atoms with Crippen molar-refractivity contribution in [3.05, 3.63) is 65.2 Å². The van der Waals surface area contributed by atoms with Gasteiger partial charge in [-0.15, -0.1) is 0 Å². The van der Waals surface area contributed by atoms with Crippen LogP contribution in [-0.2, 0) is 11.2 Å². The third kappa shape index (κ3) is 4.01. The third-order valence-electron chi connectivity index (χ3n) is 2.85. The second kappa shape index (κ2) is 6.47. The van der Waals surface area contributed by atoms with E-state index in [2.05, 4.69) is 5.32 Å². The van der Waals surface area contributed by atoms with Crippen LogP contribution in [0.2, 0.25) is 0 Å². The van der Waals surface area contributed by atoms with Crippen molar-refractivity contribution in [1.29, 1.82) is 0 Å². The molecular weight excluding hydrogens is 270 g/mol. The SMILES string of the molecule is O=Cc1cccc(C(=O)Nc2ccc(CC(=O)O)cc2)c1. The minimum atomic E-state index is -0.905. The van der Waals surface area contributed by atoms with Crippen LogP contribution in [-0.4, -0.2) is 23.3 Å². The minimum absolute atomic E-state index is 0.0599. The molecule has 0 spiro atoms. The number of carbonyl (C=O) groups is 3. The van der Waals surface area contributed by atoms with Gasteiger partial charge in [-0.05, 0) is 29.8 Å². The summed E-state index contributed by atoms with van der Waals surface area (Å²) in [6.45, 7) is 0. The number of carbonyl (C=O) groups excluding carboxylic acids is 2. The number of amides is 1. The van der Waals surface area contributed by atoms with Gasteiger partial charge in [-0.2, -0.15) is 0 Å². The molecule has 2 N–H and O–H groups in total. The number of hydrogen-bond acceptors (Lipinski definition) is 3. The second-order valence-corrected chi connectivity index (χ2v) is 4.46. The summed E-state index contributed by atoms with van der Waals surface area (Å²) in [4.78, 5) is 33.3. The molecule has 0 heterocycles. The number of nitrogens with one attached hydrogen (secondary N) is 1. The lowest BCUT2D eigenvalue weighted by molar-refractivity contribution is -0.136. The highest BCUT2D eigenvalue weighted by atomic mass is 16.4. The topological polar surface area (TPSA) is 83.5 Å². The van der Waals surface area contributed by atoms with Crippen molar-refractivity contribution in [2.24, 2.45) is 0 Å². The number of benzene rings is 2. The van der Waals surface area contributed by atoms with Crippen molar-refractivity contribution >= 4 is 23.9 Å². The maximum absolute atomic E-state index is 12.0. The van der Waals surface area contributed by atoms with E-state index in [0.717, 1.165) is 0 Å². The van der Waals surface area contributed by atoms with Crippen molar-refractivity contribution in [3.63, 3.8) is 0 Å². The van der Waals surface area contributed by atoms with E-state index < -0.39 is 5.97 Å². The average Bonchev–Trinajstić information content (AvgIpc) is 2.49. The lowest BCUT2D eigenvalue weighted by Gasteiger charge is -2.06. The van der Waals surface area contributed by atoms with E-state index in [1.807, 2.05) is 0 Å². The first-order chi connectivity index (χ1) is 10.1. The molecule has 0 saturated heterocycles. The van der Waals surface area contributed by atoms with Crippen LogP contribution in [0.15, 0.2) is 48.5 Å². The smallest absolute Gasteiger partial charge is 0.307 e. The summed E-state index contributed by atoms with van der Waals surface area (Å²) in [5, 5.41) is 11.4. The van der Waals surface area contributed by atoms with Gasteiger partial charge in [-0.3, -0.25) is 14.4 Å². The predicted molar refractivity (Wildman–Crippen MR) is 77.6 cm³/mol. The zero-order valence-corrected chi connectivity index (χ0v) is 11.1. The Bertz CT molecular complexity index is 677. The lowest BCUT2D eigenvalue weighted by atomic mass is 10.1. The van der Waals surface area contributed by atoms with Crippen LogP contribution in [0.5, 0.6) is 0 Å². The fourth-order valence-corrected chi connectivity index (χ4v) is 1.84. The summed E-state index contributed by atoms with van der Waals surface area (Å²) in [6, 6.07) is 12.9. The van der Waals surface area contributed by atoms with Crippen LogP contribution in [0.25, 0.3) is 0 Å². The van der Waals surface area contributed by atoms with Gasteiger partial charge in [-0.25, -0.2) is 0 Å². The van der Waals surface area contributed by atoms with Gasteiger partial charge in [0.1, 0.15) is 6.29 Å². The Kier molecular flexibility index (Phi) is 4.46. The van der Waals surface area contributed by atoms with Crippen LogP contribution in [0, 0.1) is 0 Å². The fourth-order valence-electron chi connectivity index (χ4n) is 1.84. The number of anilines is 1. The Hall–Kier alpha value is -2.95. The summed E-state index contributed by atoms with van der Waals surface area (Å²) in [7, 11) is 0. The Morgan fingerprint density at radius 1 is 1.10 bits per heavy atom. The Morgan fingerprint density at radius 2 is 1.81 bits per heavy atom. The highest BCUT2D eigenvalue weighted by Crippen LogP contribution is 2.12. The van der Waals surface area contributed by atoms with E-state index in [4.69, 9.17) is 5.11 Å². The quantitative estimate of drug-likeness (QED) is 0.825. The van der Waals surface area contributed by atoms with Crippen molar-refractivity contribution in [1.82, 2.24) is 0 Å². The molecule has 21 heavy (non-hydrogen) atoms. The molecule has 2 aromatic rings. The summed E-state index contributed by atoms with van der Waals surface area (Å²) < 4.78 is 0. The van der Waals surface area contributed by atoms with Crippen LogP contribution in [0.1, 0.15) is 26.3 Å². The minimum Gasteiger partial charge on any atom is -0.481 e. The number of rotatable bonds is 5. The average molecular weight is 283 g/mol. The molecule has 0 saturated carbocycles. The molecule has 106 valence electrons. The van der Waals surface area contributed by atoms with Crippen molar-refractivity contribution in [3.8, 4) is 0 Å². The molecule has 0 aromatic heterocycles. The maximum Gasteiger partial charge on any atom is 0.307 e. The highest BCUT2D eigenvalue weighted by Gasteiger charge is 2.07. The van der Waals surface area contributed by atoms with E-state index in [-0.39, 0.29) is 12.3 Å². The van der Waals surface area contributed by atoms with E-state index in [1.165, 1.54) is 6.07 Å². The molecule has 0 atom stereocenters. The van der Waals surface area contributed by atoms with Gasteiger partial charge in [0.15, 0.2) is 0 Å². The van der Waals surface area contributed by atoms with E-state index in [9.17, 15) is 14.4 Å². The van der Waals surface area contributed by atoms with Crippen LogP contribution < -0.4 is 5.32 Å². The van der Waals surface area contributed by atoms with Gasteiger partial charge in [0.2, 0.25) is 0 Å². The molecule has 0 aliphatic rings.